The van der Waals surface area contributed by atoms with Crippen molar-refractivity contribution in [2.75, 3.05) is 0 Å². The van der Waals surface area contributed by atoms with Gasteiger partial charge in [0.25, 0.3) is 0 Å². The van der Waals surface area contributed by atoms with Crippen molar-refractivity contribution >= 4 is 32.8 Å². The Morgan fingerprint density at radius 2 is 1.92 bits per heavy atom. The summed E-state index contributed by atoms with van der Waals surface area (Å²) in [5, 5.41) is 9.75. The molecule has 4 nitrogen and oxygen atoms in total. The van der Waals surface area contributed by atoms with Gasteiger partial charge in [0.2, 0.25) is 5.43 Å². The molecule has 0 bridgehead atoms. The molecule has 0 aliphatic heterocycles. The van der Waals surface area contributed by atoms with Crippen molar-refractivity contribution in [1.82, 2.24) is 4.57 Å². The number of aromatic nitrogens is 1. The standard InChI is InChI=1S/C19H16BrNO3/c1-11-3-4-13(12(2)7-11)9-21-10-16(19(23)24)18(22)15-8-14(20)5-6-17(15)21/h3-8,10H,9H2,1-2H3,(H,23,24). The predicted octanol–water partition coefficient (Wildman–Crippen LogP) is 4.13. The molecule has 3 aromatic rings. The van der Waals surface area contributed by atoms with Gasteiger partial charge in [-0.15, -0.1) is 0 Å². The van der Waals surface area contributed by atoms with Crippen molar-refractivity contribution in [3.8, 4) is 0 Å². The Kier molecular flexibility index (Phi) is 4.28. The summed E-state index contributed by atoms with van der Waals surface area (Å²) in [5.41, 5.74) is 3.44. The maximum absolute atomic E-state index is 12.4. The fraction of sp³-hybridized carbons (Fsp3) is 0.158. The van der Waals surface area contributed by atoms with Crippen LogP contribution in [0.25, 0.3) is 10.9 Å². The minimum atomic E-state index is -1.21. The Labute approximate surface area is 147 Å². The van der Waals surface area contributed by atoms with Gasteiger partial charge in [-0.3, -0.25) is 4.79 Å². The van der Waals surface area contributed by atoms with Gasteiger partial charge in [-0.1, -0.05) is 39.7 Å². The van der Waals surface area contributed by atoms with Gasteiger partial charge in [-0.25, -0.2) is 4.79 Å². The Bertz CT molecular complexity index is 1020. The van der Waals surface area contributed by atoms with Gasteiger partial charge in [-0.05, 0) is 43.2 Å². The first-order valence-corrected chi connectivity index (χ1v) is 8.28. The maximum atomic E-state index is 12.4. The summed E-state index contributed by atoms with van der Waals surface area (Å²) in [6.07, 6.45) is 1.43. The molecule has 0 spiro atoms. The highest BCUT2D eigenvalue weighted by Crippen LogP contribution is 2.20. The van der Waals surface area contributed by atoms with Crippen LogP contribution in [0.5, 0.6) is 0 Å². The number of halogens is 1. The van der Waals surface area contributed by atoms with Crippen LogP contribution in [0.3, 0.4) is 0 Å². The lowest BCUT2D eigenvalue weighted by Crippen LogP contribution is -2.19. The summed E-state index contributed by atoms with van der Waals surface area (Å²) < 4.78 is 2.57. The smallest absolute Gasteiger partial charge is 0.341 e. The average Bonchev–Trinajstić information content (AvgIpc) is 2.52. The lowest BCUT2D eigenvalue weighted by molar-refractivity contribution is 0.0695. The van der Waals surface area contributed by atoms with Crippen molar-refractivity contribution in [2.45, 2.75) is 20.4 Å². The Hall–Kier alpha value is -2.40. The summed E-state index contributed by atoms with van der Waals surface area (Å²) in [6.45, 7) is 4.57. The summed E-state index contributed by atoms with van der Waals surface area (Å²) in [5.74, 6) is -1.21. The van der Waals surface area contributed by atoms with Crippen LogP contribution in [0.2, 0.25) is 0 Å². The molecule has 2 aromatic carbocycles. The van der Waals surface area contributed by atoms with E-state index >= 15 is 0 Å². The quantitative estimate of drug-likeness (QED) is 0.737. The van der Waals surface area contributed by atoms with Crippen LogP contribution >= 0.6 is 15.9 Å². The van der Waals surface area contributed by atoms with E-state index in [1.807, 2.05) is 42.7 Å². The lowest BCUT2D eigenvalue weighted by Gasteiger charge is -2.14. The number of fused-ring (bicyclic) bond motifs is 1. The molecule has 0 unspecified atom stereocenters. The Morgan fingerprint density at radius 1 is 1.17 bits per heavy atom. The van der Waals surface area contributed by atoms with E-state index in [0.717, 1.165) is 15.6 Å². The number of aryl methyl sites for hydroxylation is 2. The molecule has 5 heteroatoms. The van der Waals surface area contributed by atoms with E-state index in [0.29, 0.717) is 17.4 Å². The highest BCUT2D eigenvalue weighted by molar-refractivity contribution is 9.10. The number of aromatic carboxylic acids is 1. The highest BCUT2D eigenvalue weighted by Gasteiger charge is 2.15. The van der Waals surface area contributed by atoms with Crippen molar-refractivity contribution in [1.29, 1.82) is 0 Å². The molecule has 0 saturated carbocycles. The molecular formula is C19H16BrNO3. The van der Waals surface area contributed by atoms with Crippen LogP contribution < -0.4 is 5.43 Å². The number of carboxylic acid groups (broad SMARTS) is 1. The number of pyridine rings is 1. The zero-order chi connectivity index (χ0) is 17.4. The van der Waals surface area contributed by atoms with Gasteiger partial charge in [0, 0.05) is 22.6 Å². The van der Waals surface area contributed by atoms with E-state index in [1.54, 1.807) is 6.07 Å². The zero-order valence-electron chi connectivity index (χ0n) is 13.3. The third-order valence-corrected chi connectivity index (χ3v) is 4.60. The molecular weight excluding hydrogens is 370 g/mol. The first-order valence-electron chi connectivity index (χ1n) is 7.49. The molecule has 1 aromatic heterocycles. The lowest BCUT2D eigenvalue weighted by atomic mass is 10.0. The number of nitrogens with zero attached hydrogens (tertiary/aromatic N) is 1. The van der Waals surface area contributed by atoms with Crippen LogP contribution in [0, 0.1) is 13.8 Å². The highest BCUT2D eigenvalue weighted by atomic mass is 79.9. The normalized spacial score (nSPS) is 11.0. The van der Waals surface area contributed by atoms with Gasteiger partial charge < -0.3 is 9.67 Å². The molecule has 0 saturated heterocycles. The van der Waals surface area contributed by atoms with Gasteiger partial charge in [0.05, 0.1) is 5.52 Å². The molecule has 1 heterocycles. The van der Waals surface area contributed by atoms with Crippen LogP contribution in [0.4, 0.5) is 0 Å². The molecule has 0 radical (unpaired) electrons. The van der Waals surface area contributed by atoms with Gasteiger partial charge in [0.15, 0.2) is 0 Å². The molecule has 1 N–H and O–H groups in total. The van der Waals surface area contributed by atoms with E-state index in [1.165, 1.54) is 11.8 Å². The molecule has 0 amide bonds. The average molecular weight is 386 g/mol. The van der Waals surface area contributed by atoms with Crippen LogP contribution in [0.15, 0.2) is 51.9 Å². The fourth-order valence-corrected chi connectivity index (χ4v) is 3.22. The molecule has 0 fully saturated rings. The van der Waals surface area contributed by atoms with E-state index in [2.05, 4.69) is 22.0 Å². The number of benzene rings is 2. The minimum Gasteiger partial charge on any atom is -0.477 e. The molecule has 3 rings (SSSR count). The van der Waals surface area contributed by atoms with Crippen molar-refractivity contribution in [3.05, 3.63) is 79.5 Å². The van der Waals surface area contributed by atoms with Crippen molar-refractivity contribution in [3.63, 3.8) is 0 Å². The van der Waals surface area contributed by atoms with E-state index in [-0.39, 0.29) is 5.56 Å². The van der Waals surface area contributed by atoms with E-state index < -0.39 is 11.4 Å². The van der Waals surface area contributed by atoms with Crippen LogP contribution in [-0.4, -0.2) is 15.6 Å². The molecule has 0 atom stereocenters. The molecule has 122 valence electrons. The second-order valence-electron chi connectivity index (χ2n) is 5.90. The van der Waals surface area contributed by atoms with Gasteiger partial charge in [-0.2, -0.15) is 0 Å². The fourth-order valence-electron chi connectivity index (χ4n) is 2.86. The summed E-state index contributed by atoms with van der Waals surface area (Å²) in [6, 6.07) is 11.5. The van der Waals surface area contributed by atoms with Crippen molar-refractivity contribution < 1.29 is 9.90 Å². The number of hydrogen-bond donors (Lipinski definition) is 1. The topological polar surface area (TPSA) is 59.3 Å². The number of rotatable bonds is 3. The van der Waals surface area contributed by atoms with E-state index in [9.17, 15) is 14.7 Å². The van der Waals surface area contributed by atoms with Gasteiger partial charge in [0.1, 0.15) is 5.56 Å². The zero-order valence-corrected chi connectivity index (χ0v) is 14.9. The van der Waals surface area contributed by atoms with Crippen molar-refractivity contribution in [2.24, 2.45) is 0 Å². The first kappa shape index (κ1) is 16.5. The minimum absolute atomic E-state index is 0.217. The van der Waals surface area contributed by atoms with E-state index in [4.69, 9.17) is 0 Å². The van der Waals surface area contributed by atoms with Crippen LogP contribution in [0.1, 0.15) is 27.0 Å². The Balaban J connectivity index is 2.25. The maximum Gasteiger partial charge on any atom is 0.341 e. The molecule has 0 aliphatic carbocycles. The third-order valence-electron chi connectivity index (χ3n) is 4.11. The van der Waals surface area contributed by atoms with Gasteiger partial charge >= 0.3 is 5.97 Å². The second kappa shape index (κ2) is 6.24. The first-order chi connectivity index (χ1) is 11.4. The summed E-state index contributed by atoms with van der Waals surface area (Å²) >= 11 is 3.34. The number of carbonyl (C=O) groups is 1. The largest absolute Gasteiger partial charge is 0.477 e. The number of hydrogen-bond acceptors (Lipinski definition) is 2. The molecule has 0 aliphatic rings. The molecule has 24 heavy (non-hydrogen) atoms. The third kappa shape index (κ3) is 2.99. The summed E-state index contributed by atoms with van der Waals surface area (Å²) in [4.78, 5) is 23.9. The SMILES string of the molecule is Cc1ccc(Cn2cc(C(=O)O)c(=O)c3cc(Br)ccc32)c(C)c1. The Morgan fingerprint density at radius 3 is 2.58 bits per heavy atom. The van der Waals surface area contributed by atoms with Crippen LogP contribution in [-0.2, 0) is 6.54 Å². The monoisotopic (exact) mass is 385 g/mol. The predicted molar refractivity (Wildman–Crippen MR) is 97.9 cm³/mol. The summed E-state index contributed by atoms with van der Waals surface area (Å²) in [7, 11) is 0. The second-order valence-corrected chi connectivity index (χ2v) is 6.81. The number of carboxylic acids is 1.